The number of aliphatic hydroxyl groups is 1. The fourth-order valence-electron chi connectivity index (χ4n) is 4.34. The Bertz CT molecular complexity index is 1240. The number of rotatable bonds is 4. The van der Waals surface area contributed by atoms with Gasteiger partial charge in [-0.05, 0) is 55.7 Å². The average Bonchev–Trinajstić information content (AvgIpc) is 3.45. The van der Waals surface area contributed by atoms with Crippen LogP contribution < -0.4 is 16.0 Å². The monoisotopic (exact) mass is 416 g/mol. The second-order valence-corrected chi connectivity index (χ2v) is 9.01. The zero-order chi connectivity index (χ0) is 20.3. The van der Waals surface area contributed by atoms with Gasteiger partial charge in [0.05, 0.1) is 18.1 Å². The minimum absolute atomic E-state index is 0.00378. The number of benzene rings is 1. The van der Waals surface area contributed by atoms with Gasteiger partial charge in [0.1, 0.15) is 11.3 Å². The molecule has 2 aliphatic rings. The van der Waals surface area contributed by atoms with E-state index < -0.39 is 17.1 Å². The fraction of sp³-hybridized carbons (Fsp3) is 0.429. The normalized spacial score (nSPS) is 18.8. The number of fused-ring (bicyclic) bond motifs is 2. The van der Waals surface area contributed by atoms with Gasteiger partial charge >= 0.3 is 5.69 Å². The van der Waals surface area contributed by atoms with E-state index in [4.69, 9.17) is 4.74 Å². The summed E-state index contributed by atoms with van der Waals surface area (Å²) in [4.78, 5) is 29.1. The van der Waals surface area contributed by atoms with Crippen molar-refractivity contribution in [1.29, 1.82) is 0 Å². The predicted molar refractivity (Wildman–Crippen MR) is 110 cm³/mol. The van der Waals surface area contributed by atoms with Crippen LogP contribution in [0.2, 0.25) is 0 Å². The van der Waals surface area contributed by atoms with E-state index in [1.807, 2.05) is 6.07 Å². The highest BCUT2D eigenvalue weighted by atomic mass is 32.1. The Labute approximate surface area is 169 Å². The van der Waals surface area contributed by atoms with Crippen molar-refractivity contribution >= 4 is 22.2 Å². The van der Waals surface area contributed by atoms with E-state index in [0.717, 1.165) is 42.5 Å². The summed E-state index contributed by atoms with van der Waals surface area (Å²) in [6.07, 6.45) is 4.22. The summed E-state index contributed by atoms with van der Waals surface area (Å²) in [6.45, 7) is 0.148. The first-order valence-electron chi connectivity index (χ1n) is 9.79. The largest absolute Gasteiger partial charge is 0.494 e. The molecule has 0 radical (unpaired) electrons. The smallest absolute Gasteiger partial charge is 0.329 e. The van der Waals surface area contributed by atoms with E-state index in [2.05, 4.69) is 4.98 Å². The Kier molecular flexibility index (Phi) is 4.36. The van der Waals surface area contributed by atoms with Crippen molar-refractivity contribution < 1.29 is 14.2 Å². The van der Waals surface area contributed by atoms with Crippen molar-refractivity contribution in [3.63, 3.8) is 0 Å². The maximum atomic E-state index is 15.2. The molecule has 2 aromatic heterocycles. The molecule has 152 valence electrons. The molecule has 5 rings (SSSR count). The number of aliphatic hydroxyl groups excluding tert-OH is 1. The van der Waals surface area contributed by atoms with Crippen LogP contribution in [0, 0.1) is 11.7 Å². The van der Waals surface area contributed by atoms with E-state index in [1.165, 1.54) is 34.0 Å². The molecule has 2 aliphatic carbocycles. The van der Waals surface area contributed by atoms with Crippen molar-refractivity contribution in [2.75, 3.05) is 13.7 Å². The number of nitrogens with one attached hydrogen (secondary N) is 1. The molecule has 1 saturated carbocycles. The molecule has 1 atom stereocenters. The lowest BCUT2D eigenvalue weighted by molar-refractivity contribution is 0.214. The third-order valence-corrected chi connectivity index (χ3v) is 7.19. The molecule has 0 saturated heterocycles. The number of aromatic amines is 1. The molecule has 2 N–H and O–H groups in total. The molecule has 3 aromatic rings. The summed E-state index contributed by atoms with van der Waals surface area (Å²) in [6, 6.07) is 3.16. The number of aryl methyl sites for hydroxylation is 1. The lowest BCUT2D eigenvalue weighted by Crippen LogP contribution is -2.30. The van der Waals surface area contributed by atoms with Crippen LogP contribution in [-0.4, -0.2) is 28.4 Å². The highest BCUT2D eigenvalue weighted by molar-refractivity contribution is 7.15. The summed E-state index contributed by atoms with van der Waals surface area (Å²) in [7, 11) is 1.44. The van der Waals surface area contributed by atoms with E-state index >= 15 is 4.39 Å². The minimum Gasteiger partial charge on any atom is -0.494 e. The van der Waals surface area contributed by atoms with Crippen molar-refractivity contribution in [3.05, 3.63) is 49.2 Å². The van der Waals surface area contributed by atoms with Crippen LogP contribution in [-0.2, 0) is 12.8 Å². The molecule has 29 heavy (non-hydrogen) atoms. The number of hydrogen-bond acceptors (Lipinski definition) is 5. The van der Waals surface area contributed by atoms with Crippen LogP contribution in [0.15, 0.2) is 21.7 Å². The topological polar surface area (TPSA) is 84.3 Å². The van der Waals surface area contributed by atoms with Crippen molar-refractivity contribution in [2.24, 2.45) is 5.92 Å². The SMILES string of the molecule is COc1c(-c2cc3c(s2)CCC(CO)C3)c(F)cc2c(=O)[nH]c(=O)n(C3CC3)c12. The lowest BCUT2D eigenvalue weighted by Gasteiger charge is -2.19. The molecule has 2 heterocycles. The molecule has 1 unspecified atom stereocenters. The Balaban J connectivity index is 1.78. The van der Waals surface area contributed by atoms with Crippen molar-refractivity contribution in [3.8, 4) is 16.2 Å². The van der Waals surface area contributed by atoms with Crippen LogP contribution in [0.25, 0.3) is 21.3 Å². The molecule has 6 nitrogen and oxygen atoms in total. The van der Waals surface area contributed by atoms with Crippen molar-refractivity contribution in [2.45, 2.75) is 38.1 Å². The van der Waals surface area contributed by atoms with Gasteiger partial charge in [-0.25, -0.2) is 9.18 Å². The summed E-state index contributed by atoms with van der Waals surface area (Å²) in [5, 5.41) is 9.61. The molecule has 0 bridgehead atoms. The zero-order valence-electron chi connectivity index (χ0n) is 16.0. The van der Waals surface area contributed by atoms with Crippen molar-refractivity contribution in [1.82, 2.24) is 9.55 Å². The van der Waals surface area contributed by atoms with Gasteiger partial charge in [0.15, 0.2) is 5.75 Å². The van der Waals surface area contributed by atoms with E-state index in [9.17, 15) is 14.7 Å². The molecule has 0 amide bonds. The minimum atomic E-state index is -0.609. The maximum absolute atomic E-state index is 15.2. The number of methoxy groups -OCH3 is 1. The first-order chi connectivity index (χ1) is 14.0. The molecule has 1 fully saturated rings. The fourth-order valence-corrected chi connectivity index (χ4v) is 5.59. The first-order valence-corrected chi connectivity index (χ1v) is 10.6. The van der Waals surface area contributed by atoms with Gasteiger partial charge in [-0.3, -0.25) is 14.3 Å². The first kappa shape index (κ1) is 18.6. The Morgan fingerprint density at radius 3 is 2.79 bits per heavy atom. The highest BCUT2D eigenvalue weighted by Gasteiger charge is 2.31. The van der Waals surface area contributed by atoms with Gasteiger partial charge < -0.3 is 9.84 Å². The van der Waals surface area contributed by atoms with Gasteiger partial charge in [0.25, 0.3) is 5.56 Å². The number of nitrogens with zero attached hydrogens (tertiary/aromatic N) is 1. The Hall–Kier alpha value is -2.45. The highest BCUT2D eigenvalue weighted by Crippen LogP contribution is 2.46. The quantitative estimate of drug-likeness (QED) is 0.685. The number of thiophene rings is 1. The zero-order valence-corrected chi connectivity index (χ0v) is 16.8. The number of halogens is 1. The molecular formula is C21H21FN2O4S. The van der Waals surface area contributed by atoms with Gasteiger partial charge in [0, 0.05) is 22.4 Å². The number of aromatic nitrogens is 2. The molecule has 0 aliphatic heterocycles. The third-order valence-electron chi connectivity index (χ3n) is 5.94. The van der Waals surface area contributed by atoms with Gasteiger partial charge in [-0.15, -0.1) is 11.3 Å². The molecule has 8 heteroatoms. The van der Waals surface area contributed by atoms with E-state index in [1.54, 1.807) is 0 Å². The van der Waals surface area contributed by atoms with Crippen LogP contribution in [0.1, 0.15) is 35.7 Å². The van der Waals surface area contributed by atoms with Crippen LogP contribution in [0.5, 0.6) is 5.75 Å². The average molecular weight is 416 g/mol. The standard InChI is InChI=1S/C21H21FN2O4S/c1-28-19-17(16-7-11-6-10(9-25)2-5-15(11)29-16)14(22)8-13-18(19)24(12-3-4-12)21(27)23-20(13)26/h7-8,10,12,25H,2-6,9H2,1H3,(H,23,26,27). The maximum Gasteiger partial charge on any atom is 0.329 e. The van der Waals surface area contributed by atoms with E-state index in [0.29, 0.717) is 11.1 Å². The number of H-pyrrole nitrogens is 1. The summed E-state index contributed by atoms with van der Waals surface area (Å²) in [5.74, 6) is -0.0857. The Morgan fingerprint density at radius 2 is 2.10 bits per heavy atom. The van der Waals surface area contributed by atoms with Gasteiger partial charge in [0.2, 0.25) is 0 Å². The molecule has 0 spiro atoms. The molecular weight excluding hydrogens is 395 g/mol. The number of ether oxygens (including phenoxy) is 1. The van der Waals surface area contributed by atoms with E-state index in [-0.39, 0.29) is 29.7 Å². The summed E-state index contributed by atoms with van der Waals surface area (Å²) < 4.78 is 22.4. The second kappa shape index (κ2) is 6.81. The van der Waals surface area contributed by atoms with Crippen LogP contribution >= 0.6 is 11.3 Å². The number of hydrogen-bond donors (Lipinski definition) is 2. The molecule has 1 aromatic carbocycles. The second-order valence-electron chi connectivity index (χ2n) is 7.87. The third kappa shape index (κ3) is 2.93. The van der Waals surface area contributed by atoms with Crippen LogP contribution in [0.4, 0.5) is 4.39 Å². The van der Waals surface area contributed by atoms with Gasteiger partial charge in [-0.1, -0.05) is 0 Å². The lowest BCUT2D eigenvalue weighted by atomic mass is 9.89. The van der Waals surface area contributed by atoms with Crippen LogP contribution in [0.3, 0.4) is 0 Å². The Morgan fingerprint density at radius 1 is 1.31 bits per heavy atom. The summed E-state index contributed by atoms with van der Waals surface area (Å²) >= 11 is 1.52. The predicted octanol–water partition coefficient (Wildman–Crippen LogP) is 3.00. The summed E-state index contributed by atoms with van der Waals surface area (Å²) in [5.41, 5.74) is 0.681. The van der Waals surface area contributed by atoms with Gasteiger partial charge in [-0.2, -0.15) is 0 Å².